The van der Waals surface area contributed by atoms with Crippen molar-refractivity contribution in [1.82, 2.24) is 0 Å². The van der Waals surface area contributed by atoms with E-state index in [4.69, 9.17) is 5.73 Å². The van der Waals surface area contributed by atoms with Crippen molar-refractivity contribution in [2.45, 2.75) is 52.0 Å². The van der Waals surface area contributed by atoms with Crippen LogP contribution in [0.15, 0.2) is 24.3 Å². The van der Waals surface area contributed by atoms with Gasteiger partial charge in [-0.2, -0.15) is 0 Å². The van der Waals surface area contributed by atoms with E-state index in [-0.39, 0.29) is 0 Å². The molecule has 0 saturated heterocycles. The summed E-state index contributed by atoms with van der Waals surface area (Å²) < 4.78 is 0. The van der Waals surface area contributed by atoms with Crippen LogP contribution < -0.4 is 11.1 Å². The standard InChI is InChI=1S/C14H24N2/c1-3-5-9-12(8-4-2)16-14-11-7-6-10-13(14)15/h6-7,10-12,16H,3-5,8-9,15H2,1-2H3. The molecule has 0 aliphatic carbocycles. The summed E-state index contributed by atoms with van der Waals surface area (Å²) in [6, 6.07) is 8.58. The maximum atomic E-state index is 5.93. The van der Waals surface area contributed by atoms with Crippen LogP contribution in [0.2, 0.25) is 0 Å². The van der Waals surface area contributed by atoms with Gasteiger partial charge in [0.1, 0.15) is 0 Å². The number of benzene rings is 1. The van der Waals surface area contributed by atoms with Crippen LogP contribution in [0.1, 0.15) is 46.0 Å². The molecule has 0 amide bonds. The third kappa shape index (κ3) is 4.13. The topological polar surface area (TPSA) is 38.0 Å². The Morgan fingerprint density at radius 2 is 1.88 bits per heavy atom. The van der Waals surface area contributed by atoms with E-state index in [0.717, 1.165) is 11.4 Å². The van der Waals surface area contributed by atoms with Gasteiger partial charge in [0.15, 0.2) is 0 Å². The van der Waals surface area contributed by atoms with Gasteiger partial charge in [-0.15, -0.1) is 0 Å². The molecule has 1 rings (SSSR count). The van der Waals surface area contributed by atoms with E-state index in [1.807, 2.05) is 18.2 Å². The summed E-state index contributed by atoms with van der Waals surface area (Å²) >= 11 is 0. The second kappa shape index (κ2) is 7.15. The molecule has 0 saturated carbocycles. The summed E-state index contributed by atoms with van der Waals surface area (Å²) in [4.78, 5) is 0. The average molecular weight is 220 g/mol. The first-order valence-electron chi connectivity index (χ1n) is 6.39. The number of rotatable bonds is 7. The van der Waals surface area contributed by atoms with Crippen LogP contribution in [0, 0.1) is 0 Å². The van der Waals surface area contributed by atoms with Gasteiger partial charge in [0.05, 0.1) is 11.4 Å². The predicted octanol–water partition coefficient (Wildman–Crippen LogP) is 4.04. The van der Waals surface area contributed by atoms with E-state index in [1.54, 1.807) is 0 Å². The van der Waals surface area contributed by atoms with Crippen LogP contribution in [0.3, 0.4) is 0 Å². The molecule has 0 spiro atoms. The second-order valence-electron chi connectivity index (χ2n) is 4.36. The van der Waals surface area contributed by atoms with Crippen LogP contribution in [0.25, 0.3) is 0 Å². The zero-order valence-electron chi connectivity index (χ0n) is 10.5. The Bertz CT molecular complexity index is 297. The summed E-state index contributed by atoms with van der Waals surface area (Å²) in [6.45, 7) is 4.47. The predicted molar refractivity (Wildman–Crippen MR) is 72.7 cm³/mol. The minimum Gasteiger partial charge on any atom is -0.397 e. The molecule has 1 atom stereocenters. The summed E-state index contributed by atoms with van der Waals surface area (Å²) in [5, 5.41) is 3.56. The van der Waals surface area contributed by atoms with Crippen molar-refractivity contribution in [2.75, 3.05) is 11.1 Å². The minimum atomic E-state index is 0.564. The van der Waals surface area contributed by atoms with Crippen LogP contribution >= 0.6 is 0 Å². The highest BCUT2D eigenvalue weighted by Crippen LogP contribution is 2.20. The van der Waals surface area contributed by atoms with Gasteiger partial charge in [0, 0.05) is 6.04 Å². The monoisotopic (exact) mass is 220 g/mol. The Labute approximate surface area is 99.2 Å². The Morgan fingerprint density at radius 3 is 2.50 bits per heavy atom. The molecule has 90 valence electrons. The molecule has 3 N–H and O–H groups in total. The first kappa shape index (κ1) is 12.9. The summed E-state index contributed by atoms with van der Waals surface area (Å²) in [5.74, 6) is 0. The number of unbranched alkanes of at least 4 members (excludes halogenated alkanes) is 1. The molecule has 2 heteroatoms. The molecular formula is C14H24N2. The Kier molecular flexibility index (Phi) is 5.76. The smallest absolute Gasteiger partial charge is 0.0576 e. The van der Waals surface area contributed by atoms with Crippen molar-refractivity contribution in [3.05, 3.63) is 24.3 Å². The second-order valence-corrected chi connectivity index (χ2v) is 4.36. The molecule has 0 radical (unpaired) electrons. The van der Waals surface area contributed by atoms with E-state index in [9.17, 15) is 0 Å². The molecule has 1 unspecified atom stereocenters. The summed E-state index contributed by atoms with van der Waals surface area (Å²) in [7, 11) is 0. The maximum absolute atomic E-state index is 5.93. The van der Waals surface area contributed by atoms with Gasteiger partial charge < -0.3 is 11.1 Å². The fourth-order valence-electron chi connectivity index (χ4n) is 1.94. The van der Waals surface area contributed by atoms with Gasteiger partial charge >= 0.3 is 0 Å². The first-order valence-corrected chi connectivity index (χ1v) is 6.39. The molecule has 0 heterocycles. The molecule has 16 heavy (non-hydrogen) atoms. The molecule has 1 aromatic rings. The number of hydrogen-bond donors (Lipinski definition) is 2. The Balaban J connectivity index is 2.56. The molecule has 0 aliphatic heterocycles. The van der Waals surface area contributed by atoms with Crippen LogP contribution in [-0.4, -0.2) is 6.04 Å². The van der Waals surface area contributed by atoms with Crippen molar-refractivity contribution in [1.29, 1.82) is 0 Å². The van der Waals surface area contributed by atoms with Gasteiger partial charge in [-0.3, -0.25) is 0 Å². The average Bonchev–Trinajstić information content (AvgIpc) is 2.29. The van der Waals surface area contributed by atoms with E-state index >= 15 is 0 Å². The minimum absolute atomic E-state index is 0.564. The molecule has 0 bridgehead atoms. The van der Waals surface area contributed by atoms with Gasteiger partial charge in [0.25, 0.3) is 0 Å². The van der Waals surface area contributed by atoms with Crippen molar-refractivity contribution < 1.29 is 0 Å². The van der Waals surface area contributed by atoms with Gasteiger partial charge in [-0.05, 0) is 25.0 Å². The zero-order chi connectivity index (χ0) is 11.8. The Morgan fingerprint density at radius 1 is 1.12 bits per heavy atom. The number of anilines is 2. The SMILES string of the molecule is CCCCC(CCC)Nc1ccccc1N. The van der Waals surface area contributed by atoms with E-state index < -0.39 is 0 Å². The molecule has 2 nitrogen and oxygen atoms in total. The van der Waals surface area contributed by atoms with E-state index in [2.05, 4.69) is 25.2 Å². The lowest BCUT2D eigenvalue weighted by Crippen LogP contribution is -2.19. The molecule has 0 fully saturated rings. The number of nitrogens with one attached hydrogen (secondary N) is 1. The molecule has 0 aliphatic rings. The highest BCUT2D eigenvalue weighted by molar-refractivity contribution is 5.65. The largest absolute Gasteiger partial charge is 0.397 e. The van der Waals surface area contributed by atoms with Gasteiger partial charge in [-0.25, -0.2) is 0 Å². The van der Waals surface area contributed by atoms with Crippen LogP contribution in [0.5, 0.6) is 0 Å². The Hall–Kier alpha value is -1.18. The van der Waals surface area contributed by atoms with E-state index in [1.165, 1.54) is 32.1 Å². The lowest BCUT2D eigenvalue weighted by atomic mass is 10.0. The zero-order valence-corrected chi connectivity index (χ0v) is 10.5. The fourth-order valence-corrected chi connectivity index (χ4v) is 1.94. The van der Waals surface area contributed by atoms with Gasteiger partial charge in [-0.1, -0.05) is 45.2 Å². The molecule has 1 aromatic carbocycles. The fraction of sp³-hybridized carbons (Fsp3) is 0.571. The lowest BCUT2D eigenvalue weighted by Gasteiger charge is -2.20. The van der Waals surface area contributed by atoms with Crippen molar-refractivity contribution in [3.8, 4) is 0 Å². The maximum Gasteiger partial charge on any atom is 0.0576 e. The third-order valence-electron chi connectivity index (χ3n) is 2.86. The summed E-state index contributed by atoms with van der Waals surface area (Å²) in [5.41, 5.74) is 7.86. The van der Waals surface area contributed by atoms with E-state index in [0.29, 0.717) is 6.04 Å². The van der Waals surface area contributed by atoms with Crippen LogP contribution in [-0.2, 0) is 0 Å². The lowest BCUT2D eigenvalue weighted by molar-refractivity contribution is 0.564. The van der Waals surface area contributed by atoms with Crippen molar-refractivity contribution in [2.24, 2.45) is 0 Å². The van der Waals surface area contributed by atoms with Crippen molar-refractivity contribution >= 4 is 11.4 Å². The first-order chi connectivity index (χ1) is 7.77. The van der Waals surface area contributed by atoms with Crippen LogP contribution in [0.4, 0.5) is 11.4 Å². The quantitative estimate of drug-likeness (QED) is 0.681. The third-order valence-corrected chi connectivity index (χ3v) is 2.86. The van der Waals surface area contributed by atoms with Gasteiger partial charge in [0.2, 0.25) is 0 Å². The molecular weight excluding hydrogens is 196 g/mol. The highest BCUT2D eigenvalue weighted by atomic mass is 14.9. The number of hydrogen-bond acceptors (Lipinski definition) is 2. The number of nitrogens with two attached hydrogens (primary N) is 1. The number of para-hydroxylation sites is 2. The highest BCUT2D eigenvalue weighted by Gasteiger charge is 2.08. The normalized spacial score (nSPS) is 12.4. The van der Waals surface area contributed by atoms with Crippen molar-refractivity contribution in [3.63, 3.8) is 0 Å². The molecule has 0 aromatic heterocycles. The summed E-state index contributed by atoms with van der Waals surface area (Å²) in [6.07, 6.45) is 6.21. The number of nitrogen functional groups attached to an aromatic ring is 1.